The molecule has 8 bridgehead atoms. The molecule has 0 unspecified atom stereocenters. The van der Waals surface area contributed by atoms with Gasteiger partial charge in [-0.2, -0.15) is 0 Å². The van der Waals surface area contributed by atoms with Crippen LogP contribution in [0, 0.1) is 0 Å². The molecule has 3 aromatic heterocycles. The number of hydrogen-bond acceptors (Lipinski definition) is 2. The first-order valence-corrected chi connectivity index (χ1v) is 33.4. The summed E-state index contributed by atoms with van der Waals surface area (Å²) < 4.78 is 0. The molecule has 0 saturated heterocycles. The molecular formula is C76H102N4. The van der Waals surface area contributed by atoms with Crippen molar-refractivity contribution < 1.29 is 0 Å². The predicted molar refractivity (Wildman–Crippen MR) is 350 cm³/mol. The van der Waals surface area contributed by atoms with Gasteiger partial charge in [0.25, 0.3) is 0 Å². The van der Waals surface area contributed by atoms with Crippen LogP contribution in [0.1, 0.15) is 255 Å². The molecule has 2 N–H and O–H groups in total. The van der Waals surface area contributed by atoms with Crippen LogP contribution in [0.15, 0.2) is 97.1 Å². The Hall–Kier alpha value is -5.48. The quantitative estimate of drug-likeness (QED) is 0.0385. The summed E-state index contributed by atoms with van der Waals surface area (Å²) in [7, 11) is 0. The molecule has 4 aromatic carbocycles. The first-order chi connectivity index (χ1) is 39.7. The molecule has 0 amide bonds. The minimum Gasteiger partial charge on any atom is -0.354 e. The normalized spacial score (nSPS) is 12.1. The first-order valence-electron chi connectivity index (χ1n) is 33.4. The fourth-order valence-corrected chi connectivity index (χ4v) is 13.7. The number of nitrogens with zero attached hydrogens (tertiary/aromatic N) is 2. The van der Waals surface area contributed by atoms with Crippen LogP contribution in [0.4, 0.5) is 0 Å². The number of H-pyrrole nitrogens is 2. The van der Waals surface area contributed by atoms with Gasteiger partial charge in [0.2, 0.25) is 0 Å². The number of hydrogen-bond donors (Lipinski definition) is 2. The second-order valence-electron chi connectivity index (χ2n) is 24.4. The van der Waals surface area contributed by atoms with Crippen LogP contribution in [0.3, 0.4) is 0 Å². The molecule has 0 fully saturated rings. The molecule has 5 heterocycles. The number of aromatic nitrogens is 4. The van der Waals surface area contributed by atoms with Crippen LogP contribution < -0.4 is 0 Å². The molecule has 4 heteroatoms. The zero-order valence-electron chi connectivity index (χ0n) is 50.6. The maximum atomic E-state index is 6.11. The average molecular weight is 1070 g/mol. The highest BCUT2D eigenvalue weighted by molar-refractivity contribution is 6.13. The highest BCUT2D eigenvalue weighted by Gasteiger charge is 2.28. The van der Waals surface area contributed by atoms with Crippen molar-refractivity contribution in [3.63, 3.8) is 0 Å². The Labute approximate surface area is 484 Å². The highest BCUT2D eigenvalue weighted by Crippen LogP contribution is 2.47. The van der Waals surface area contributed by atoms with E-state index in [2.05, 4.69) is 135 Å². The van der Waals surface area contributed by atoms with E-state index >= 15 is 0 Å². The highest BCUT2D eigenvalue weighted by atomic mass is 14.8. The lowest BCUT2D eigenvalue weighted by atomic mass is 9.94. The van der Waals surface area contributed by atoms with Crippen molar-refractivity contribution in [1.29, 1.82) is 0 Å². The van der Waals surface area contributed by atoms with Crippen LogP contribution in [0.5, 0.6) is 0 Å². The van der Waals surface area contributed by atoms with E-state index in [-0.39, 0.29) is 0 Å². The number of benzene rings is 4. The van der Waals surface area contributed by atoms with Gasteiger partial charge in [-0.15, -0.1) is 0 Å². The van der Waals surface area contributed by atoms with Crippen LogP contribution in [0.25, 0.3) is 88.6 Å². The summed E-state index contributed by atoms with van der Waals surface area (Å²) >= 11 is 0. The topological polar surface area (TPSA) is 57.4 Å². The number of unbranched alkanes of at least 4 members (excludes halogenated alkanes) is 28. The van der Waals surface area contributed by atoms with Gasteiger partial charge in [-0.1, -0.05) is 305 Å². The predicted octanol–water partition coefficient (Wildman–Crippen LogP) is 24.0. The number of aryl methyl sites for hydroxylation is 4. The molecule has 2 aliphatic rings. The van der Waals surface area contributed by atoms with Gasteiger partial charge in [0.15, 0.2) is 0 Å². The number of fused-ring (bicyclic) bond motifs is 20. The summed E-state index contributed by atoms with van der Waals surface area (Å²) in [6.45, 7) is 9.29. The molecule has 0 aliphatic carbocycles. The summed E-state index contributed by atoms with van der Waals surface area (Å²) in [4.78, 5) is 20.9. The largest absolute Gasteiger partial charge is 0.354 e. The van der Waals surface area contributed by atoms with Crippen LogP contribution in [-0.2, 0) is 25.7 Å². The Morgan fingerprint density at radius 2 is 0.425 bits per heavy atom. The molecule has 4 nitrogen and oxygen atoms in total. The Bertz CT molecular complexity index is 2780. The summed E-state index contributed by atoms with van der Waals surface area (Å²) in [5.74, 6) is 0. The Balaban J connectivity index is 1.32. The summed E-state index contributed by atoms with van der Waals surface area (Å²) in [6.07, 6.45) is 45.3. The van der Waals surface area contributed by atoms with Crippen molar-refractivity contribution in [1.82, 2.24) is 19.9 Å². The zero-order valence-corrected chi connectivity index (χ0v) is 50.6. The molecule has 7 aromatic rings. The van der Waals surface area contributed by atoms with E-state index in [0.717, 1.165) is 51.4 Å². The van der Waals surface area contributed by atoms with E-state index in [4.69, 9.17) is 9.97 Å². The molecule has 9 rings (SSSR count). The second-order valence-corrected chi connectivity index (χ2v) is 24.4. The molecule has 0 saturated carbocycles. The Kier molecular flexibility index (Phi) is 23.4. The van der Waals surface area contributed by atoms with E-state index in [9.17, 15) is 0 Å². The van der Waals surface area contributed by atoms with Crippen molar-refractivity contribution in [3.8, 4) is 45.0 Å². The van der Waals surface area contributed by atoms with Gasteiger partial charge in [-0.25, -0.2) is 9.97 Å². The molecule has 0 spiro atoms. The first kappa shape index (κ1) is 59.2. The maximum Gasteiger partial charge on any atom is 0.0769 e. The third-order valence-corrected chi connectivity index (χ3v) is 18.2. The number of rotatable bonds is 36. The van der Waals surface area contributed by atoms with E-state index in [0.29, 0.717) is 0 Å². The average Bonchev–Trinajstić information content (AvgIpc) is 4.38. The minimum absolute atomic E-state index is 0.981. The fourth-order valence-electron chi connectivity index (χ4n) is 13.7. The monoisotopic (exact) mass is 1070 g/mol. The number of aromatic amines is 2. The Morgan fingerprint density at radius 1 is 0.237 bits per heavy atom. The zero-order chi connectivity index (χ0) is 55.1. The third-order valence-electron chi connectivity index (χ3n) is 18.2. The molecule has 0 atom stereocenters. The lowest BCUT2D eigenvalue weighted by Crippen LogP contribution is -1.95. The van der Waals surface area contributed by atoms with Crippen molar-refractivity contribution in [2.45, 2.75) is 259 Å². The van der Waals surface area contributed by atoms with E-state index < -0.39 is 0 Å². The minimum atomic E-state index is 0.981. The van der Waals surface area contributed by atoms with Gasteiger partial charge in [0.1, 0.15) is 0 Å². The van der Waals surface area contributed by atoms with Gasteiger partial charge in [-0.05, 0) is 51.4 Å². The standard InChI is InChI=1S/C76H102N4/c1-5-9-13-17-21-25-29-33-53-65-69-57-45-37-39-47-59(57)71(77-69)66(54-34-30-26-22-18-14-10-6-2)73-61-49-41-43-51-63(61)75(79-73)68(56-36-32-28-24-20-16-12-8-4)76-64-52-44-42-50-62(64)74(80-76)67(55-35-31-27-23-19-15-11-7-3)72-60-48-40-38-46-58(60)70(65)78-72/h37-52,77,80H,5-36,53-56H2,1-4H3. The van der Waals surface area contributed by atoms with Crippen LogP contribution >= 0.6 is 0 Å². The fraction of sp³-hybridized carbons (Fsp3) is 0.526. The third kappa shape index (κ3) is 14.8. The van der Waals surface area contributed by atoms with E-state index in [1.165, 1.54) is 291 Å². The van der Waals surface area contributed by atoms with Crippen molar-refractivity contribution in [3.05, 3.63) is 119 Å². The summed E-state index contributed by atoms with van der Waals surface area (Å²) in [5, 5.41) is 5.24. The lowest BCUT2D eigenvalue weighted by molar-refractivity contribution is 0.575. The van der Waals surface area contributed by atoms with E-state index in [1.54, 1.807) is 0 Å². The molecule has 426 valence electrons. The van der Waals surface area contributed by atoms with Crippen molar-refractivity contribution in [2.24, 2.45) is 0 Å². The molecule has 2 aliphatic heterocycles. The summed E-state index contributed by atoms with van der Waals surface area (Å²) in [6, 6.07) is 37.3. The van der Waals surface area contributed by atoms with Gasteiger partial charge < -0.3 is 9.97 Å². The summed E-state index contributed by atoms with van der Waals surface area (Å²) in [5.41, 5.74) is 20.3. The lowest BCUT2D eigenvalue weighted by Gasteiger charge is -2.09. The molecule has 0 radical (unpaired) electrons. The molecular weight excluding hydrogens is 969 g/mol. The van der Waals surface area contributed by atoms with Gasteiger partial charge in [-0.3, -0.25) is 0 Å². The maximum absolute atomic E-state index is 6.11. The Morgan fingerprint density at radius 3 is 0.637 bits per heavy atom. The van der Waals surface area contributed by atoms with Gasteiger partial charge >= 0.3 is 0 Å². The van der Waals surface area contributed by atoms with Crippen molar-refractivity contribution >= 4 is 43.6 Å². The number of nitrogens with one attached hydrogen (secondary N) is 2. The molecule has 80 heavy (non-hydrogen) atoms. The van der Waals surface area contributed by atoms with Gasteiger partial charge in [0.05, 0.1) is 44.8 Å². The second kappa shape index (κ2) is 31.7. The van der Waals surface area contributed by atoms with E-state index in [1.807, 2.05) is 0 Å². The van der Waals surface area contributed by atoms with Crippen molar-refractivity contribution in [2.75, 3.05) is 0 Å². The SMILES string of the molecule is CCCCCCCCCCc1c2nc(c(CCCCCCCCCC)c3[nH]c(c(CCCCCCCCCC)c4nc(c(CCCCCCCCCC)c5[nH]c1c1ccccc51)-c1ccccc1-4)c1ccccc31)-c1ccccc1-2. The van der Waals surface area contributed by atoms with Crippen LogP contribution in [0.2, 0.25) is 0 Å². The smallest absolute Gasteiger partial charge is 0.0769 e. The van der Waals surface area contributed by atoms with Crippen LogP contribution in [-0.4, -0.2) is 19.9 Å². The van der Waals surface area contributed by atoms with Gasteiger partial charge in [0, 0.05) is 66.1 Å².